The van der Waals surface area contributed by atoms with E-state index in [9.17, 15) is 4.79 Å². The second kappa shape index (κ2) is 6.62. The summed E-state index contributed by atoms with van der Waals surface area (Å²) < 4.78 is 11.2. The van der Waals surface area contributed by atoms with Crippen molar-refractivity contribution in [3.05, 3.63) is 24.0 Å². The molecule has 122 valence electrons. The van der Waals surface area contributed by atoms with Gasteiger partial charge >= 0.3 is 0 Å². The number of aromatic nitrogens is 1. The molecule has 0 aliphatic carbocycles. The number of carbonyl (C=O) groups is 1. The number of carbonyl (C=O) groups excluding carboxylic acids is 1. The largest absolute Gasteiger partial charge is 0.382 e. The molecule has 1 aliphatic rings. The highest BCUT2D eigenvalue weighted by Gasteiger charge is 2.36. The molecule has 1 aromatic rings. The van der Waals surface area contributed by atoms with E-state index >= 15 is 0 Å². The van der Waals surface area contributed by atoms with Crippen molar-refractivity contribution >= 4 is 11.6 Å². The van der Waals surface area contributed by atoms with E-state index in [0.29, 0.717) is 25.3 Å². The van der Waals surface area contributed by atoms with Gasteiger partial charge < -0.3 is 19.3 Å². The Labute approximate surface area is 132 Å². The Hall–Kier alpha value is -1.66. The van der Waals surface area contributed by atoms with Crippen LogP contribution in [0.4, 0.5) is 5.69 Å². The van der Waals surface area contributed by atoms with Crippen LogP contribution >= 0.6 is 0 Å². The van der Waals surface area contributed by atoms with Gasteiger partial charge in [0.2, 0.25) is 0 Å². The topological polar surface area (TPSA) is 54.9 Å². The molecule has 2 heterocycles. The highest BCUT2D eigenvalue weighted by Crippen LogP contribution is 2.25. The molecule has 6 nitrogen and oxygen atoms in total. The maximum Gasteiger partial charge on any atom is 0.257 e. The lowest BCUT2D eigenvalue weighted by Crippen LogP contribution is -2.55. The first-order valence-electron chi connectivity index (χ1n) is 7.41. The second-order valence-electron chi connectivity index (χ2n) is 6.43. The molecule has 1 amide bonds. The Bertz CT molecular complexity index is 531. The third-order valence-electron chi connectivity index (χ3n) is 3.63. The van der Waals surface area contributed by atoms with Crippen LogP contribution in [0.15, 0.2) is 18.5 Å². The van der Waals surface area contributed by atoms with Crippen LogP contribution in [0.5, 0.6) is 0 Å². The van der Waals surface area contributed by atoms with Gasteiger partial charge in [-0.25, -0.2) is 0 Å². The van der Waals surface area contributed by atoms with Crippen molar-refractivity contribution in [2.45, 2.75) is 25.6 Å². The van der Waals surface area contributed by atoms with Gasteiger partial charge in [0, 0.05) is 46.7 Å². The standard InChI is InChI=1S/C16H25N3O3/c1-16(2)11-19(9-12(22-16)10-21-5)15(20)13-8-17-7-6-14(13)18(3)4/h6-8,12H,9-11H2,1-5H3/t12-/m1/s1. The second-order valence-corrected chi connectivity index (χ2v) is 6.43. The Morgan fingerprint density at radius 3 is 2.91 bits per heavy atom. The maximum atomic E-state index is 12.9. The summed E-state index contributed by atoms with van der Waals surface area (Å²) in [6, 6.07) is 1.85. The van der Waals surface area contributed by atoms with Crippen molar-refractivity contribution < 1.29 is 14.3 Å². The fourth-order valence-electron chi connectivity index (χ4n) is 2.84. The van der Waals surface area contributed by atoms with Gasteiger partial charge in [-0.3, -0.25) is 9.78 Å². The summed E-state index contributed by atoms with van der Waals surface area (Å²) >= 11 is 0. The van der Waals surface area contributed by atoms with Gasteiger partial charge in [-0.05, 0) is 19.9 Å². The fraction of sp³-hybridized carbons (Fsp3) is 0.625. The lowest BCUT2D eigenvalue weighted by molar-refractivity contribution is -0.143. The minimum Gasteiger partial charge on any atom is -0.382 e. The molecule has 0 spiro atoms. The van der Waals surface area contributed by atoms with E-state index in [1.807, 2.05) is 43.8 Å². The fourth-order valence-corrected chi connectivity index (χ4v) is 2.84. The van der Waals surface area contributed by atoms with E-state index in [1.165, 1.54) is 0 Å². The number of nitrogens with zero attached hydrogens (tertiary/aromatic N) is 3. The highest BCUT2D eigenvalue weighted by atomic mass is 16.5. The predicted molar refractivity (Wildman–Crippen MR) is 85.3 cm³/mol. The molecule has 1 atom stereocenters. The third-order valence-corrected chi connectivity index (χ3v) is 3.63. The summed E-state index contributed by atoms with van der Waals surface area (Å²) in [5, 5.41) is 0. The van der Waals surface area contributed by atoms with Gasteiger partial charge in [0.15, 0.2) is 0 Å². The van der Waals surface area contributed by atoms with E-state index in [4.69, 9.17) is 9.47 Å². The van der Waals surface area contributed by atoms with E-state index in [1.54, 1.807) is 19.5 Å². The van der Waals surface area contributed by atoms with Gasteiger partial charge in [0.1, 0.15) is 0 Å². The van der Waals surface area contributed by atoms with Crippen molar-refractivity contribution in [2.75, 3.05) is 45.8 Å². The summed E-state index contributed by atoms with van der Waals surface area (Å²) in [7, 11) is 5.48. The summed E-state index contributed by atoms with van der Waals surface area (Å²) in [4.78, 5) is 20.8. The smallest absolute Gasteiger partial charge is 0.257 e. The first-order valence-corrected chi connectivity index (χ1v) is 7.41. The molecule has 0 N–H and O–H groups in total. The zero-order valence-electron chi connectivity index (χ0n) is 14.0. The zero-order valence-corrected chi connectivity index (χ0v) is 14.0. The van der Waals surface area contributed by atoms with Crippen molar-refractivity contribution in [2.24, 2.45) is 0 Å². The summed E-state index contributed by atoms with van der Waals surface area (Å²) in [5.74, 6) is -0.0192. The number of hydrogen-bond donors (Lipinski definition) is 0. The number of methoxy groups -OCH3 is 1. The number of rotatable bonds is 4. The van der Waals surface area contributed by atoms with Crippen molar-refractivity contribution in [3.63, 3.8) is 0 Å². The molecular formula is C16H25N3O3. The average molecular weight is 307 g/mol. The minimum absolute atomic E-state index is 0.0192. The Morgan fingerprint density at radius 2 is 2.27 bits per heavy atom. The summed E-state index contributed by atoms with van der Waals surface area (Å²) in [5.41, 5.74) is 1.09. The molecule has 1 saturated heterocycles. The molecule has 0 unspecified atom stereocenters. The average Bonchev–Trinajstić information content (AvgIpc) is 2.45. The molecule has 1 aliphatic heterocycles. The Kier molecular flexibility index (Phi) is 5.03. The minimum atomic E-state index is -0.391. The number of ether oxygens (including phenoxy) is 2. The predicted octanol–water partition coefficient (Wildman–Crippen LogP) is 1.41. The number of pyridine rings is 1. The zero-order chi connectivity index (χ0) is 16.3. The molecule has 2 rings (SSSR count). The van der Waals surface area contributed by atoms with E-state index in [2.05, 4.69) is 4.98 Å². The summed E-state index contributed by atoms with van der Waals surface area (Å²) in [6.07, 6.45) is 3.21. The van der Waals surface area contributed by atoms with Crippen LogP contribution < -0.4 is 4.90 Å². The first-order chi connectivity index (χ1) is 10.3. The Morgan fingerprint density at radius 1 is 1.55 bits per heavy atom. The number of hydrogen-bond acceptors (Lipinski definition) is 5. The normalized spacial score (nSPS) is 20.8. The van der Waals surface area contributed by atoms with Crippen LogP contribution in [-0.4, -0.2) is 68.4 Å². The molecule has 0 bridgehead atoms. The molecular weight excluding hydrogens is 282 g/mol. The lowest BCUT2D eigenvalue weighted by Gasteiger charge is -2.42. The Balaban J connectivity index is 2.25. The number of amides is 1. The van der Waals surface area contributed by atoms with Crippen LogP contribution in [0.1, 0.15) is 24.2 Å². The molecule has 0 radical (unpaired) electrons. The third kappa shape index (κ3) is 3.75. The molecule has 22 heavy (non-hydrogen) atoms. The SMILES string of the molecule is COC[C@H]1CN(C(=O)c2cnccc2N(C)C)CC(C)(C)O1. The molecule has 6 heteroatoms. The van der Waals surface area contributed by atoms with Gasteiger partial charge in [-0.2, -0.15) is 0 Å². The molecule has 1 aromatic heterocycles. The monoisotopic (exact) mass is 307 g/mol. The van der Waals surface area contributed by atoms with Gasteiger partial charge in [0.05, 0.1) is 29.6 Å². The van der Waals surface area contributed by atoms with Crippen molar-refractivity contribution in [1.82, 2.24) is 9.88 Å². The first kappa shape index (κ1) is 16.7. The van der Waals surface area contributed by atoms with Crippen molar-refractivity contribution in [3.8, 4) is 0 Å². The van der Waals surface area contributed by atoms with Crippen LogP contribution in [-0.2, 0) is 9.47 Å². The van der Waals surface area contributed by atoms with Gasteiger partial charge in [-0.15, -0.1) is 0 Å². The molecule has 0 saturated carbocycles. The van der Waals surface area contributed by atoms with Crippen LogP contribution in [0.3, 0.4) is 0 Å². The molecule has 0 aromatic carbocycles. The van der Waals surface area contributed by atoms with Crippen LogP contribution in [0.25, 0.3) is 0 Å². The number of anilines is 1. The highest BCUT2D eigenvalue weighted by molar-refractivity contribution is 5.99. The van der Waals surface area contributed by atoms with Crippen molar-refractivity contribution in [1.29, 1.82) is 0 Å². The quantitative estimate of drug-likeness (QED) is 0.842. The van der Waals surface area contributed by atoms with Gasteiger partial charge in [0.25, 0.3) is 5.91 Å². The molecule has 1 fully saturated rings. The van der Waals surface area contributed by atoms with E-state index in [0.717, 1.165) is 5.69 Å². The van der Waals surface area contributed by atoms with Crippen LogP contribution in [0.2, 0.25) is 0 Å². The van der Waals surface area contributed by atoms with Crippen LogP contribution in [0, 0.1) is 0 Å². The number of morpholine rings is 1. The maximum absolute atomic E-state index is 12.9. The summed E-state index contributed by atoms with van der Waals surface area (Å²) in [6.45, 7) is 5.53. The lowest BCUT2D eigenvalue weighted by atomic mass is 10.0. The van der Waals surface area contributed by atoms with E-state index < -0.39 is 5.60 Å². The van der Waals surface area contributed by atoms with E-state index in [-0.39, 0.29) is 12.0 Å². The van der Waals surface area contributed by atoms with Gasteiger partial charge in [-0.1, -0.05) is 0 Å².